The molecule has 0 aliphatic heterocycles. The van der Waals surface area contributed by atoms with Crippen LogP contribution < -0.4 is 15.8 Å². The second-order valence-electron chi connectivity index (χ2n) is 4.79. The minimum atomic E-state index is -0.161. The lowest BCUT2D eigenvalue weighted by Gasteiger charge is -2.13. The van der Waals surface area contributed by atoms with E-state index in [-0.39, 0.29) is 11.9 Å². The van der Waals surface area contributed by atoms with E-state index < -0.39 is 0 Å². The Morgan fingerprint density at radius 3 is 2.48 bits per heavy atom. The average Bonchev–Trinajstić information content (AvgIpc) is 2.48. The number of hydrogen-bond acceptors (Lipinski definition) is 3. The lowest BCUT2D eigenvalue weighted by molar-refractivity contribution is 0.102. The summed E-state index contributed by atoms with van der Waals surface area (Å²) in [5.74, 6) is 0.594. The molecule has 4 nitrogen and oxygen atoms in total. The van der Waals surface area contributed by atoms with Crippen molar-refractivity contribution in [3.63, 3.8) is 0 Å². The minimum absolute atomic E-state index is 0.137. The molecular formula is C17H20N2O2. The molecule has 0 aliphatic rings. The summed E-state index contributed by atoms with van der Waals surface area (Å²) in [6, 6.07) is 14.5. The number of amides is 1. The first-order valence-corrected chi connectivity index (χ1v) is 7.00. The summed E-state index contributed by atoms with van der Waals surface area (Å²) in [6.45, 7) is 4.42. The van der Waals surface area contributed by atoms with Crippen molar-refractivity contribution >= 4 is 11.6 Å². The Morgan fingerprint density at radius 2 is 1.86 bits per heavy atom. The molecule has 1 amide bonds. The van der Waals surface area contributed by atoms with E-state index >= 15 is 0 Å². The first kappa shape index (κ1) is 15.1. The van der Waals surface area contributed by atoms with Gasteiger partial charge < -0.3 is 15.8 Å². The summed E-state index contributed by atoms with van der Waals surface area (Å²) >= 11 is 0. The molecule has 2 aromatic carbocycles. The van der Waals surface area contributed by atoms with E-state index in [0.29, 0.717) is 12.2 Å². The quantitative estimate of drug-likeness (QED) is 0.885. The molecule has 1 atom stereocenters. The zero-order valence-electron chi connectivity index (χ0n) is 12.3. The molecule has 0 fully saturated rings. The second kappa shape index (κ2) is 6.90. The summed E-state index contributed by atoms with van der Waals surface area (Å²) in [5.41, 5.74) is 8.15. The highest BCUT2D eigenvalue weighted by atomic mass is 16.5. The first-order valence-electron chi connectivity index (χ1n) is 7.00. The Morgan fingerprint density at radius 1 is 1.19 bits per heavy atom. The van der Waals surface area contributed by atoms with Crippen molar-refractivity contribution in [2.24, 2.45) is 5.73 Å². The molecule has 2 aromatic rings. The average molecular weight is 284 g/mol. The molecule has 1 unspecified atom stereocenters. The van der Waals surface area contributed by atoms with Gasteiger partial charge in [0.1, 0.15) is 5.75 Å². The van der Waals surface area contributed by atoms with Gasteiger partial charge in [0, 0.05) is 17.3 Å². The van der Waals surface area contributed by atoms with Crippen molar-refractivity contribution in [2.45, 2.75) is 19.9 Å². The van der Waals surface area contributed by atoms with E-state index in [4.69, 9.17) is 10.5 Å². The minimum Gasteiger partial charge on any atom is -0.494 e. The fourth-order valence-electron chi connectivity index (χ4n) is 2.07. The van der Waals surface area contributed by atoms with Gasteiger partial charge in [-0.25, -0.2) is 0 Å². The Balaban J connectivity index is 2.14. The molecule has 4 heteroatoms. The predicted molar refractivity (Wildman–Crippen MR) is 84.6 cm³/mol. The number of anilines is 1. The zero-order valence-corrected chi connectivity index (χ0v) is 12.3. The van der Waals surface area contributed by atoms with Gasteiger partial charge in [0.05, 0.1) is 6.61 Å². The normalized spacial score (nSPS) is 11.8. The molecule has 0 aliphatic carbocycles. The molecule has 0 aromatic heterocycles. The number of para-hydroxylation sites is 1. The number of ether oxygens (including phenoxy) is 1. The van der Waals surface area contributed by atoms with Crippen LogP contribution in [0.4, 0.5) is 5.69 Å². The van der Waals surface area contributed by atoms with Crippen LogP contribution in [-0.2, 0) is 0 Å². The van der Waals surface area contributed by atoms with Crippen molar-refractivity contribution < 1.29 is 9.53 Å². The van der Waals surface area contributed by atoms with Gasteiger partial charge in [-0.2, -0.15) is 0 Å². The topological polar surface area (TPSA) is 64.3 Å². The zero-order chi connectivity index (χ0) is 15.2. The lowest BCUT2D eigenvalue weighted by atomic mass is 10.1. The van der Waals surface area contributed by atoms with Crippen LogP contribution in [0.25, 0.3) is 0 Å². The van der Waals surface area contributed by atoms with Gasteiger partial charge in [-0.1, -0.05) is 18.2 Å². The SMILES string of the molecule is CCOc1ccc(C(=O)Nc2ccccc2C(C)N)cc1. The largest absolute Gasteiger partial charge is 0.494 e. The number of nitrogens with two attached hydrogens (primary N) is 1. The standard InChI is InChI=1S/C17H20N2O2/c1-3-21-14-10-8-13(9-11-14)17(20)19-16-7-5-4-6-15(16)12(2)18/h4-12H,3,18H2,1-2H3,(H,19,20). The molecule has 0 spiro atoms. The molecule has 0 radical (unpaired) electrons. The number of nitrogens with one attached hydrogen (secondary N) is 1. The second-order valence-corrected chi connectivity index (χ2v) is 4.79. The van der Waals surface area contributed by atoms with Crippen molar-refractivity contribution in [3.05, 3.63) is 59.7 Å². The first-order chi connectivity index (χ1) is 10.1. The van der Waals surface area contributed by atoms with Gasteiger partial charge in [-0.15, -0.1) is 0 Å². The predicted octanol–water partition coefficient (Wildman–Crippen LogP) is 3.36. The van der Waals surface area contributed by atoms with Gasteiger partial charge in [0.25, 0.3) is 5.91 Å². The van der Waals surface area contributed by atoms with E-state index in [9.17, 15) is 4.79 Å². The molecule has 0 heterocycles. The highest BCUT2D eigenvalue weighted by Gasteiger charge is 2.11. The van der Waals surface area contributed by atoms with Crippen molar-refractivity contribution in [1.29, 1.82) is 0 Å². The Hall–Kier alpha value is -2.33. The number of benzene rings is 2. The van der Waals surface area contributed by atoms with Crippen LogP contribution in [0.1, 0.15) is 35.8 Å². The van der Waals surface area contributed by atoms with Crippen LogP contribution >= 0.6 is 0 Å². The lowest BCUT2D eigenvalue weighted by Crippen LogP contribution is -2.15. The van der Waals surface area contributed by atoms with Gasteiger partial charge in [-0.3, -0.25) is 4.79 Å². The van der Waals surface area contributed by atoms with Gasteiger partial charge >= 0.3 is 0 Å². The van der Waals surface area contributed by atoms with E-state index in [1.807, 2.05) is 38.1 Å². The van der Waals surface area contributed by atoms with Crippen LogP contribution in [-0.4, -0.2) is 12.5 Å². The van der Waals surface area contributed by atoms with E-state index in [1.165, 1.54) is 0 Å². The summed E-state index contributed by atoms with van der Waals surface area (Å²) in [7, 11) is 0. The fourth-order valence-corrected chi connectivity index (χ4v) is 2.07. The summed E-state index contributed by atoms with van der Waals surface area (Å²) in [5, 5.41) is 2.90. The highest BCUT2D eigenvalue weighted by molar-refractivity contribution is 6.04. The highest BCUT2D eigenvalue weighted by Crippen LogP contribution is 2.22. The molecule has 3 N–H and O–H groups in total. The Kier molecular flexibility index (Phi) is 4.95. The van der Waals surface area contributed by atoms with Crippen LogP contribution in [0.2, 0.25) is 0 Å². The fraction of sp³-hybridized carbons (Fsp3) is 0.235. The van der Waals surface area contributed by atoms with Gasteiger partial charge in [0.2, 0.25) is 0 Å². The maximum atomic E-state index is 12.3. The third kappa shape index (κ3) is 3.83. The molecular weight excluding hydrogens is 264 g/mol. The van der Waals surface area contributed by atoms with Crippen molar-refractivity contribution in [2.75, 3.05) is 11.9 Å². The molecule has 0 saturated carbocycles. The van der Waals surface area contributed by atoms with Gasteiger partial charge in [-0.05, 0) is 49.7 Å². The number of hydrogen-bond donors (Lipinski definition) is 2. The molecule has 0 bridgehead atoms. The van der Waals surface area contributed by atoms with Crippen LogP contribution in [0.15, 0.2) is 48.5 Å². The molecule has 2 rings (SSSR count). The molecule has 21 heavy (non-hydrogen) atoms. The molecule has 0 saturated heterocycles. The summed E-state index contributed by atoms with van der Waals surface area (Å²) < 4.78 is 5.36. The Bertz CT molecular complexity index is 606. The van der Waals surface area contributed by atoms with Crippen LogP contribution in [0.3, 0.4) is 0 Å². The number of rotatable bonds is 5. The van der Waals surface area contributed by atoms with Crippen LogP contribution in [0, 0.1) is 0 Å². The summed E-state index contributed by atoms with van der Waals surface area (Å²) in [4.78, 5) is 12.3. The van der Waals surface area contributed by atoms with Crippen molar-refractivity contribution in [3.8, 4) is 5.75 Å². The smallest absolute Gasteiger partial charge is 0.255 e. The Labute approximate surface area is 124 Å². The molecule has 110 valence electrons. The summed E-state index contributed by atoms with van der Waals surface area (Å²) in [6.07, 6.45) is 0. The monoisotopic (exact) mass is 284 g/mol. The maximum Gasteiger partial charge on any atom is 0.255 e. The van der Waals surface area contributed by atoms with E-state index in [1.54, 1.807) is 24.3 Å². The van der Waals surface area contributed by atoms with E-state index in [2.05, 4.69) is 5.32 Å². The van der Waals surface area contributed by atoms with Gasteiger partial charge in [0.15, 0.2) is 0 Å². The van der Waals surface area contributed by atoms with Crippen molar-refractivity contribution in [1.82, 2.24) is 0 Å². The number of carbonyl (C=O) groups is 1. The third-order valence-electron chi connectivity index (χ3n) is 3.13. The maximum absolute atomic E-state index is 12.3. The van der Waals surface area contributed by atoms with Crippen LogP contribution in [0.5, 0.6) is 5.75 Å². The number of carbonyl (C=O) groups excluding carboxylic acids is 1. The third-order valence-corrected chi connectivity index (χ3v) is 3.13. The van der Waals surface area contributed by atoms with E-state index in [0.717, 1.165) is 17.0 Å².